The van der Waals surface area contributed by atoms with E-state index in [0.717, 1.165) is 11.3 Å². The molecule has 2 aromatic rings. The number of rotatable bonds is 7. The monoisotopic (exact) mass is 409 g/mol. The zero-order valence-electron chi connectivity index (χ0n) is 16.4. The maximum Gasteiger partial charge on any atom is 0.242 e. The minimum atomic E-state index is -0.533. The standard InChI is InChI=1S/C22H23N3O3S/c1-4-13-25-21(27)19(29-22(25)23-16-11-9-15(2)10-12-16)14-20(26)24-17-7-5-6-8-18(17)28-3/h4-12,19H,1,13-14H2,2-3H3,(H,24,26)/t19-/m1/s1. The Morgan fingerprint density at radius 3 is 2.69 bits per heavy atom. The number of para-hydroxylation sites is 2. The quantitative estimate of drug-likeness (QED) is 0.698. The fraction of sp³-hybridized carbons (Fsp3) is 0.227. The van der Waals surface area contributed by atoms with Crippen molar-refractivity contribution in [2.24, 2.45) is 4.99 Å². The van der Waals surface area contributed by atoms with Crippen LogP contribution in [-0.2, 0) is 9.59 Å². The fourth-order valence-corrected chi connectivity index (χ4v) is 4.04. The summed E-state index contributed by atoms with van der Waals surface area (Å²) in [6.45, 7) is 6.07. The topological polar surface area (TPSA) is 71.0 Å². The third-order valence-electron chi connectivity index (χ3n) is 4.34. The van der Waals surface area contributed by atoms with E-state index in [1.54, 1.807) is 30.2 Å². The van der Waals surface area contributed by atoms with Gasteiger partial charge in [0.15, 0.2) is 5.17 Å². The summed E-state index contributed by atoms with van der Waals surface area (Å²) in [4.78, 5) is 31.5. The molecule has 0 unspecified atom stereocenters. The number of aryl methyl sites for hydroxylation is 1. The van der Waals surface area contributed by atoms with Crippen LogP contribution in [0.25, 0.3) is 0 Å². The first-order valence-corrected chi connectivity index (χ1v) is 10.1. The van der Waals surface area contributed by atoms with E-state index in [-0.39, 0.29) is 18.2 Å². The molecule has 0 saturated carbocycles. The van der Waals surface area contributed by atoms with Gasteiger partial charge in [-0.3, -0.25) is 14.5 Å². The van der Waals surface area contributed by atoms with Crippen molar-refractivity contribution in [2.75, 3.05) is 19.0 Å². The van der Waals surface area contributed by atoms with Gasteiger partial charge in [-0.05, 0) is 31.2 Å². The molecule has 6 nitrogen and oxygen atoms in total. The van der Waals surface area contributed by atoms with Crippen molar-refractivity contribution in [3.8, 4) is 5.75 Å². The minimum Gasteiger partial charge on any atom is -0.495 e. The fourth-order valence-electron chi connectivity index (χ4n) is 2.87. The van der Waals surface area contributed by atoms with Crippen molar-refractivity contribution >= 4 is 40.1 Å². The van der Waals surface area contributed by atoms with Crippen LogP contribution in [0.4, 0.5) is 11.4 Å². The normalized spacial score (nSPS) is 17.4. The predicted molar refractivity (Wildman–Crippen MR) is 118 cm³/mol. The van der Waals surface area contributed by atoms with Gasteiger partial charge in [0.2, 0.25) is 11.8 Å². The smallest absolute Gasteiger partial charge is 0.242 e. The molecule has 0 spiro atoms. The van der Waals surface area contributed by atoms with Gasteiger partial charge in [-0.1, -0.05) is 47.7 Å². The number of nitrogens with zero attached hydrogens (tertiary/aromatic N) is 2. The number of thioether (sulfide) groups is 1. The van der Waals surface area contributed by atoms with Crippen LogP contribution >= 0.6 is 11.8 Å². The maximum atomic E-state index is 12.8. The number of hydrogen-bond acceptors (Lipinski definition) is 5. The van der Waals surface area contributed by atoms with Crippen molar-refractivity contribution in [3.63, 3.8) is 0 Å². The van der Waals surface area contributed by atoms with Crippen molar-refractivity contribution in [1.82, 2.24) is 4.90 Å². The van der Waals surface area contributed by atoms with Gasteiger partial charge in [-0.25, -0.2) is 4.99 Å². The molecular formula is C22H23N3O3S. The average Bonchev–Trinajstić information content (AvgIpc) is 2.99. The third-order valence-corrected chi connectivity index (χ3v) is 5.52. The molecule has 0 radical (unpaired) electrons. The predicted octanol–water partition coefficient (Wildman–Crippen LogP) is 4.15. The summed E-state index contributed by atoms with van der Waals surface area (Å²) >= 11 is 1.30. The van der Waals surface area contributed by atoms with Gasteiger partial charge in [0, 0.05) is 13.0 Å². The van der Waals surface area contributed by atoms with Gasteiger partial charge in [0.1, 0.15) is 11.0 Å². The van der Waals surface area contributed by atoms with E-state index in [0.29, 0.717) is 23.1 Å². The highest BCUT2D eigenvalue weighted by atomic mass is 32.2. The number of aliphatic imine (C=N–C) groups is 1. The Kier molecular flexibility index (Phi) is 6.72. The Labute approximate surface area is 174 Å². The van der Waals surface area contributed by atoms with Gasteiger partial charge in [-0.2, -0.15) is 0 Å². The molecule has 0 aliphatic carbocycles. The summed E-state index contributed by atoms with van der Waals surface area (Å²) in [7, 11) is 1.54. The van der Waals surface area contributed by atoms with Crippen LogP contribution in [0.15, 0.2) is 66.2 Å². The highest BCUT2D eigenvalue weighted by Crippen LogP contribution is 2.32. The van der Waals surface area contributed by atoms with Gasteiger partial charge < -0.3 is 10.1 Å². The lowest BCUT2D eigenvalue weighted by atomic mass is 10.2. The number of ether oxygens (including phenoxy) is 1. The minimum absolute atomic E-state index is 0.0438. The number of amides is 2. The van der Waals surface area contributed by atoms with Gasteiger partial charge in [-0.15, -0.1) is 6.58 Å². The first-order chi connectivity index (χ1) is 14.0. The van der Waals surface area contributed by atoms with Crippen LogP contribution in [0.1, 0.15) is 12.0 Å². The van der Waals surface area contributed by atoms with E-state index in [1.807, 2.05) is 43.3 Å². The number of benzene rings is 2. The molecular weight excluding hydrogens is 386 g/mol. The van der Waals surface area contributed by atoms with Crippen LogP contribution in [0.5, 0.6) is 5.75 Å². The molecule has 3 rings (SSSR count). The third kappa shape index (κ3) is 5.06. The van der Waals surface area contributed by atoms with Gasteiger partial charge >= 0.3 is 0 Å². The number of carbonyl (C=O) groups excluding carboxylic acids is 2. The SMILES string of the molecule is C=CCN1C(=O)[C@@H](CC(=O)Nc2ccccc2OC)SC1=Nc1ccc(C)cc1. The zero-order valence-corrected chi connectivity index (χ0v) is 17.2. The van der Waals surface area contributed by atoms with E-state index < -0.39 is 5.25 Å². The molecule has 0 aromatic heterocycles. The number of nitrogens with one attached hydrogen (secondary N) is 1. The molecule has 1 fully saturated rings. The van der Waals surface area contributed by atoms with Gasteiger partial charge in [0.25, 0.3) is 0 Å². The molecule has 2 aromatic carbocycles. The molecule has 0 bridgehead atoms. The maximum absolute atomic E-state index is 12.8. The second-order valence-electron chi connectivity index (χ2n) is 6.53. The van der Waals surface area contributed by atoms with Crippen LogP contribution in [0.2, 0.25) is 0 Å². The molecule has 1 saturated heterocycles. The summed E-state index contributed by atoms with van der Waals surface area (Å²) in [6.07, 6.45) is 1.70. The molecule has 1 atom stereocenters. The van der Waals surface area contributed by atoms with Crippen LogP contribution < -0.4 is 10.1 Å². The molecule has 7 heteroatoms. The number of carbonyl (C=O) groups is 2. The summed E-state index contributed by atoms with van der Waals surface area (Å²) in [6, 6.07) is 14.9. The number of amidine groups is 1. The molecule has 2 amide bonds. The second-order valence-corrected chi connectivity index (χ2v) is 7.70. The van der Waals surface area contributed by atoms with E-state index in [2.05, 4.69) is 16.9 Å². The van der Waals surface area contributed by atoms with Crippen molar-refractivity contribution in [1.29, 1.82) is 0 Å². The largest absolute Gasteiger partial charge is 0.495 e. The van der Waals surface area contributed by atoms with Crippen LogP contribution in [-0.4, -0.2) is 40.8 Å². The second kappa shape index (κ2) is 9.43. The summed E-state index contributed by atoms with van der Waals surface area (Å²) in [5.74, 6) is 0.174. The highest BCUT2D eigenvalue weighted by molar-refractivity contribution is 8.15. The zero-order chi connectivity index (χ0) is 20.8. The van der Waals surface area contributed by atoms with Crippen molar-refractivity contribution in [2.45, 2.75) is 18.6 Å². The summed E-state index contributed by atoms with van der Waals surface area (Å²) in [5, 5.41) is 2.86. The van der Waals surface area contributed by atoms with E-state index >= 15 is 0 Å². The Hall–Kier alpha value is -3.06. The van der Waals surface area contributed by atoms with Crippen LogP contribution in [0, 0.1) is 6.92 Å². The first kappa shape index (κ1) is 20.7. The lowest BCUT2D eigenvalue weighted by Crippen LogP contribution is -2.33. The van der Waals surface area contributed by atoms with E-state index in [4.69, 9.17) is 4.74 Å². The van der Waals surface area contributed by atoms with Gasteiger partial charge in [0.05, 0.1) is 18.5 Å². The molecule has 1 aliphatic rings. The lowest BCUT2D eigenvalue weighted by molar-refractivity contribution is -0.127. The number of methoxy groups -OCH3 is 1. The van der Waals surface area contributed by atoms with Crippen LogP contribution in [0.3, 0.4) is 0 Å². The van der Waals surface area contributed by atoms with Crippen molar-refractivity contribution < 1.29 is 14.3 Å². The molecule has 1 N–H and O–H groups in total. The first-order valence-electron chi connectivity index (χ1n) is 9.19. The molecule has 1 heterocycles. The van der Waals surface area contributed by atoms with E-state index in [1.165, 1.54) is 11.8 Å². The Balaban J connectivity index is 1.74. The Bertz CT molecular complexity index is 941. The molecule has 29 heavy (non-hydrogen) atoms. The molecule has 150 valence electrons. The number of anilines is 1. The summed E-state index contributed by atoms with van der Waals surface area (Å²) in [5.41, 5.74) is 2.48. The average molecular weight is 410 g/mol. The highest BCUT2D eigenvalue weighted by Gasteiger charge is 2.38. The Morgan fingerprint density at radius 1 is 1.28 bits per heavy atom. The Morgan fingerprint density at radius 2 is 2.00 bits per heavy atom. The lowest BCUT2D eigenvalue weighted by Gasteiger charge is -2.14. The number of hydrogen-bond donors (Lipinski definition) is 1. The van der Waals surface area contributed by atoms with Crippen molar-refractivity contribution in [3.05, 3.63) is 66.7 Å². The van der Waals surface area contributed by atoms with E-state index in [9.17, 15) is 9.59 Å². The molecule has 1 aliphatic heterocycles. The summed E-state index contributed by atoms with van der Waals surface area (Å²) < 4.78 is 5.25.